The molecule has 15 heteroatoms. The quantitative estimate of drug-likeness (QED) is 0.244. The molecule has 0 amide bonds. The molecule has 0 fully saturated rings. The summed E-state index contributed by atoms with van der Waals surface area (Å²) in [5.74, 6) is -0.211. The highest BCUT2D eigenvalue weighted by molar-refractivity contribution is 5.77. The zero-order valence-electron chi connectivity index (χ0n) is 23.6. The smallest absolute Gasteiger partial charge is 0.251 e. The monoisotopic (exact) mass is 620 g/mol. The van der Waals surface area contributed by atoms with E-state index in [0.29, 0.717) is 5.36 Å². The van der Waals surface area contributed by atoms with Crippen LogP contribution in [0.5, 0.6) is 0 Å². The largest absolute Gasteiger partial charge is 0.416 e. The van der Waals surface area contributed by atoms with Crippen LogP contribution in [0.25, 0.3) is 48.7 Å². The molecule has 4 aromatic rings. The van der Waals surface area contributed by atoms with Crippen LogP contribution in [-0.4, -0.2) is 15.0 Å². The second-order valence-electron chi connectivity index (χ2n) is 9.65. The predicted octanol–water partition coefficient (Wildman–Crippen LogP) is 4.54. The summed E-state index contributed by atoms with van der Waals surface area (Å²) < 4.78 is 39.9. The number of nitriles is 2. The molecule has 0 atom stereocenters. The van der Waals surface area contributed by atoms with Gasteiger partial charge in [0, 0.05) is 16.7 Å². The van der Waals surface area contributed by atoms with Gasteiger partial charge in [0.25, 0.3) is 0 Å². The zero-order chi connectivity index (χ0) is 33.5. The first-order valence-electron chi connectivity index (χ1n) is 13.1. The van der Waals surface area contributed by atoms with Crippen molar-refractivity contribution in [3.05, 3.63) is 138 Å². The molecule has 0 radical (unpaired) electrons. The number of hydrogen-bond donors (Lipinski definition) is 0. The number of benzene rings is 3. The van der Waals surface area contributed by atoms with Gasteiger partial charge in [0.2, 0.25) is 11.4 Å². The molecule has 0 saturated heterocycles. The second-order valence-corrected chi connectivity index (χ2v) is 9.65. The Morgan fingerprint density at radius 3 is 1.91 bits per heavy atom. The molecular formula is C32H11F3N12. The van der Waals surface area contributed by atoms with E-state index in [1.54, 1.807) is 19.1 Å². The number of hydrogen-bond acceptors (Lipinski definition) is 9. The van der Waals surface area contributed by atoms with E-state index in [4.69, 9.17) is 19.7 Å². The molecule has 47 heavy (non-hydrogen) atoms. The standard InChI is InChI=1S/C32H11F3N12/c1-15(38-2)27-41-22-12-10-19(25(40-4)26(22)44-27)30-46-28(16-5-7-17(8-6-16)32(33,34)35)45-29(47-30)18-9-11-21-24(20(18)13-36)43-31(42-21)23(14-37)39-3/h5-12H,1H3/b27-15-,31-23+. The number of halogens is 3. The van der Waals surface area contributed by atoms with Crippen molar-refractivity contribution in [2.45, 2.75) is 13.1 Å². The third-order valence-corrected chi connectivity index (χ3v) is 6.91. The van der Waals surface area contributed by atoms with E-state index in [-0.39, 0.29) is 84.5 Å². The number of alkyl halides is 3. The first-order valence-corrected chi connectivity index (χ1v) is 13.1. The van der Waals surface area contributed by atoms with E-state index in [0.717, 1.165) is 12.1 Å². The summed E-state index contributed by atoms with van der Waals surface area (Å²) in [5, 5.41) is 20.3. The van der Waals surface area contributed by atoms with E-state index in [2.05, 4.69) is 49.5 Å². The molecule has 3 aromatic carbocycles. The lowest BCUT2D eigenvalue weighted by atomic mass is 10.1. The average molecular weight is 621 g/mol. The van der Waals surface area contributed by atoms with Crippen LogP contribution in [0.2, 0.25) is 0 Å². The van der Waals surface area contributed by atoms with Crippen LogP contribution in [-0.2, 0) is 6.18 Å². The van der Waals surface area contributed by atoms with Gasteiger partial charge in [0.05, 0.1) is 53.0 Å². The molecule has 6 rings (SSSR count). The number of aromatic nitrogens is 3. The van der Waals surface area contributed by atoms with Gasteiger partial charge in [-0.1, -0.05) is 18.2 Å². The summed E-state index contributed by atoms with van der Waals surface area (Å²) in [6.07, 6.45) is -4.58. The molecule has 220 valence electrons. The van der Waals surface area contributed by atoms with Gasteiger partial charge >= 0.3 is 11.9 Å². The van der Waals surface area contributed by atoms with Crippen molar-refractivity contribution in [1.82, 2.24) is 15.0 Å². The van der Waals surface area contributed by atoms with Crippen molar-refractivity contribution in [1.29, 1.82) is 10.5 Å². The first-order chi connectivity index (χ1) is 22.6. The lowest BCUT2D eigenvalue weighted by molar-refractivity contribution is -0.137. The third kappa shape index (κ3) is 5.11. The maximum absolute atomic E-state index is 13.3. The van der Waals surface area contributed by atoms with Crippen molar-refractivity contribution in [2.75, 3.05) is 0 Å². The van der Waals surface area contributed by atoms with E-state index < -0.39 is 11.7 Å². The van der Waals surface area contributed by atoms with Gasteiger partial charge in [0.15, 0.2) is 29.1 Å². The number of allylic oxidation sites excluding steroid dienone is 2. The fourth-order valence-corrected chi connectivity index (χ4v) is 4.63. The topological polar surface area (TPSA) is 149 Å². The van der Waals surface area contributed by atoms with E-state index in [1.165, 1.54) is 30.3 Å². The Morgan fingerprint density at radius 1 is 0.723 bits per heavy atom. The van der Waals surface area contributed by atoms with Crippen LogP contribution in [0, 0.1) is 42.4 Å². The summed E-state index contributed by atoms with van der Waals surface area (Å²) in [6.45, 7) is 24.0. The van der Waals surface area contributed by atoms with Gasteiger partial charge in [-0.15, -0.1) is 0 Å². The Hall–Kier alpha value is -7.41. The normalized spacial score (nSPS) is 14.6. The Labute approximate surface area is 262 Å². The predicted molar refractivity (Wildman–Crippen MR) is 155 cm³/mol. The third-order valence-electron chi connectivity index (χ3n) is 6.91. The van der Waals surface area contributed by atoms with Crippen LogP contribution in [0.3, 0.4) is 0 Å². The Morgan fingerprint density at radius 2 is 1.32 bits per heavy atom. The van der Waals surface area contributed by atoms with Gasteiger partial charge in [-0.3, -0.25) is 4.99 Å². The summed E-state index contributed by atoms with van der Waals surface area (Å²) in [4.78, 5) is 40.8. The number of nitrogens with zero attached hydrogens (tertiary/aromatic N) is 12. The first kappa shape index (κ1) is 29.7. The zero-order valence-corrected chi connectivity index (χ0v) is 23.6. The molecule has 0 aliphatic carbocycles. The number of rotatable bonds is 3. The highest BCUT2D eigenvalue weighted by Crippen LogP contribution is 2.32. The van der Waals surface area contributed by atoms with E-state index >= 15 is 0 Å². The highest BCUT2D eigenvalue weighted by Gasteiger charge is 2.30. The van der Waals surface area contributed by atoms with Gasteiger partial charge in [-0.05, 0) is 37.3 Å². The maximum Gasteiger partial charge on any atom is 0.416 e. The second kappa shape index (κ2) is 11.3. The molecule has 0 unspecified atom stereocenters. The Kier molecular flexibility index (Phi) is 7.10. The minimum Gasteiger partial charge on any atom is -0.251 e. The van der Waals surface area contributed by atoms with E-state index in [1.807, 2.05) is 6.07 Å². The fraction of sp³-hybridized carbons (Fsp3) is 0.0625. The van der Waals surface area contributed by atoms with Crippen molar-refractivity contribution in [3.63, 3.8) is 0 Å². The minimum absolute atomic E-state index is 0.00997. The molecule has 3 heterocycles. The van der Waals surface area contributed by atoms with Gasteiger partial charge in [0.1, 0.15) is 11.4 Å². The van der Waals surface area contributed by atoms with Crippen LogP contribution in [0.1, 0.15) is 18.1 Å². The molecule has 0 N–H and O–H groups in total. The summed E-state index contributed by atoms with van der Waals surface area (Å²) in [7, 11) is 0. The van der Waals surface area contributed by atoms with Crippen LogP contribution in [0.4, 0.5) is 18.9 Å². The maximum atomic E-state index is 13.3. The Bertz CT molecular complexity index is 2600. The fourth-order valence-electron chi connectivity index (χ4n) is 4.63. The lowest BCUT2D eigenvalue weighted by Crippen LogP contribution is -2.26. The summed E-state index contributed by atoms with van der Waals surface area (Å²) in [5.41, 5.74) is -0.546. The number of fused-ring (bicyclic) bond motifs is 2. The van der Waals surface area contributed by atoms with Gasteiger partial charge in [-0.2, -0.15) is 18.4 Å². The van der Waals surface area contributed by atoms with Crippen LogP contribution >= 0.6 is 0 Å². The Balaban J connectivity index is 1.64. The molecule has 0 bridgehead atoms. The van der Waals surface area contributed by atoms with Crippen molar-refractivity contribution >= 4 is 5.69 Å². The molecule has 0 spiro atoms. The molecule has 2 aliphatic rings. The van der Waals surface area contributed by atoms with Crippen LogP contribution in [0.15, 0.2) is 91.5 Å². The van der Waals surface area contributed by atoms with Gasteiger partial charge < -0.3 is 0 Å². The van der Waals surface area contributed by atoms with Crippen molar-refractivity contribution in [3.8, 4) is 46.3 Å². The molecule has 12 nitrogen and oxygen atoms in total. The SMILES string of the molecule is [C-]#[N+]/C(C)=C1/N=c2ccc(-c3nc(-c4ccc(C(F)(F)F)cc4)nc(-c4ccc5c(c4C#N)=N/C(=C(\C#N)[N+]#[C-])N=5)n3)c([N+]#[C-])c2=N1. The minimum atomic E-state index is -4.58. The highest BCUT2D eigenvalue weighted by atomic mass is 19.4. The van der Waals surface area contributed by atoms with Crippen molar-refractivity contribution < 1.29 is 13.2 Å². The average Bonchev–Trinajstić information content (AvgIpc) is 3.72. The molecule has 2 aliphatic heterocycles. The lowest BCUT2D eigenvalue weighted by Gasteiger charge is -2.11. The molecular weight excluding hydrogens is 609 g/mol. The van der Waals surface area contributed by atoms with E-state index in [9.17, 15) is 23.7 Å². The van der Waals surface area contributed by atoms with Crippen LogP contribution < -0.4 is 21.4 Å². The van der Waals surface area contributed by atoms with Crippen molar-refractivity contribution in [2.24, 2.45) is 20.0 Å². The molecule has 0 saturated carbocycles. The summed E-state index contributed by atoms with van der Waals surface area (Å²) >= 11 is 0. The molecule has 1 aromatic heterocycles. The summed E-state index contributed by atoms with van der Waals surface area (Å²) in [6, 6.07) is 14.0. The van der Waals surface area contributed by atoms with Gasteiger partial charge in [-0.25, -0.2) is 49.7 Å².